The van der Waals surface area contributed by atoms with Gasteiger partial charge in [-0.25, -0.2) is 0 Å². The summed E-state index contributed by atoms with van der Waals surface area (Å²) in [6, 6.07) is 8.47. The Labute approximate surface area is 114 Å². The van der Waals surface area contributed by atoms with Crippen LogP contribution >= 0.6 is 11.6 Å². The molecule has 3 rings (SSSR count). The van der Waals surface area contributed by atoms with Crippen molar-refractivity contribution in [1.29, 1.82) is 0 Å². The van der Waals surface area contributed by atoms with Crippen molar-refractivity contribution in [3.63, 3.8) is 0 Å². The molecule has 1 aromatic carbocycles. The third-order valence-corrected chi connectivity index (χ3v) is 5.05. The molecule has 1 aliphatic heterocycles. The molecular weight excluding hydrogens is 244 g/mol. The largest absolute Gasteiger partial charge is 0.493 e. The molecule has 0 N–H and O–H groups in total. The smallest absolute Gasteiger partial charge is 0.122 e. The maximum absolute atomic E-state index is 6.21. The second-order valence-electron chi connectivity index (χ2n) is 5.74. The average Bonchev–Trinajstić information content (AvgIpc) is 3.06. The number of fused-ring (bicyclic) bond motifs is 1. The van der Waals surface area contributed by atoms with Crippen LogP contribution in [0.4, 0.5) is 0 Å². The lowest BCUT2D eigenvalue weighted by Crippen LogP contribution is -2.18. The number of hydrogen-bond acceptors (Lipinski definition) is 1. The predicted octanol–water partition coefficient (Wildman–Crippen LogP) is 4.60. The molecule has 0 radical (unpaired) electrons. The Morgan fingerprint density at radius 1 is 1.22 bits per heavy atom. The molecule has 2 atom stereocenters. The van der Waals surface area contributed by atoms with Crippen molar-refractivity contribution < 1.29 is 4.74 Å². The van der Waals surface area contributed by atoms with E-state index in [-0.39, 0.29) is 0 Å². The highest BCUT2D eigenvalue weighted by atomic mass is 35.5. The van der Waals surface area contributed by atoms with Crippen molar-refractivity contribution in [2.45, 2.75) is 38.0 Å². The van der Waals surface area contributed by atoms with Crippen molar-refractivity contribution in [1.82, 2.24) is 0 Å². The van der Waals surface area contributed by atoms with E-state index >= 15 is 0 Å². The Morgan fingerprint density at radius 2 is 2.00 bits per heavy atom. The minimum atomic E-state index is 0.561. The molecule has 1 aromatic rings. The molecule has 0 amide bonds. The lowest BCUT2D eigenvalue weighted by molar-refractivity contribution is 0.278. The topological polar surface area (TPSA) is 9.23 Å². The van der Waals surface area contributed by atoms with Gasteiger partial charge in [0, 0.05) is 17.4 Å². The summed E-state index contributed by atoms with van der Waals surface area (Å²) in [5.41, 5.74) is 1.39. The highest BCUT2D eigenvalue weighted by Crippen LogP contribution is 2.42. The Kier molecular flexibility index (Phi) is 3.79. The van der Waals surface area contributed by atoms with Crippen LogP contribution in [0.3, 0.4) is 0 Å². The van der Waals surface area contributed by atoms with Crippen LogP contribution in [-0.4, -0.2) is 12.5 Å². The summed E-state index contributed by atoms with van der Waals surface area (Å²) in [6.45, 7) is 0.847. The molecule has 0 aromatic heterocycles. The molecule has 0 bridgehead atoms. The van der Waals surface area contributed by atoms with E-state index in [2.05, 4.69) is 24.3 Å². The van der Waals surface area contributed by atoms with Gasteiger partial charge in [0.05, 0.1) is 6.61 Å². The Bertz CT molecular complexity index is 398. The van der Waals surface area contributed by atoms with E-state index in [0.717, 1.165) is 24.2 Å². The first kappa shape index (κ1) is 12.3. The van der Waals surface area contributed by atoms with Crippen molar-refractivity contribution in [3.05, 3.63) is 29.8 Å². The number of halogens is 1. The Morgan fingerprint density at radius 3 is 2.78 bits per heavy atom. The zero-order valence-electron chi connectivity index (χ0n) is 10.8. The van der Waals surface area contributed by atoms with Gasteiger partial charge in [-0.1, -0.05) is 43.9 Å². The highest BCUT2D eigenvalue weighted by Gasteiger charge is 2.31. The van der Waals surface area contributed by atoms with Crippen LogP contribution in [-0.2, 0) is 0 Å². The maximum atomic E-state index is 6.21. The van der Waals surface area contributed by atoms with Crippen LogP contribution < -0.4 is 4.74 Å². The normalized spacial score (nSPS) is 24.8. The highest BCUT2D eigenvalue weighted by molar-refractivity contribution is 6.18. The number of rotatable bonds is 4. The molecule has 2 unspecified atom stereocenters. The van der Waals surface area contributed by atoms with Gasteiger partial charge in [0.1, 0.15) is 5.75 Å². The fourth-order valence-corrected chi connectivity index (χ4v) is 3.98. The van der Waals surface area contributed by atoms with Gasteiger partial charge in [0.2, 0.25) is 0 Å². The van der Waals surface area contributed by atoms with Crippen LogP contribution in [0.2, 0.25) is 0 Å². The van der Waals surface area contributed by atoms with Crippen LogP contribution in [0.1, 0.15) is 43.6 Å². The molecule has 2 heteroatoms. The molecule has 0 spiro atoms. The molecule has 1 aliphatic carbocycles. The quantitative estimate of drug-likeness (QED) is 0.723. The van der Waals surface area contributed by atoms with Crippen LogP contribution in [0.5, 0.6) is 5.75 Å². The number of hydrogen-bond donors (Lipinski definition) is 0. The molecule has 1 fully saturated rings. The van der Waals surface area contributed by atoms with Gasteiger partial charge < -0.3 is 4.74 Å². The van der Waals surface area contributed by atoms with E-state index in [0.29, 0.717) is 11.8 Å². The first-order valence-corrected chi connectivity index (χ1v) is 7.69. The van der Waals surface area contributed by atoms with E-state index in [1.165, 1.54) is 37.7 Å². The zero-order valence-corrected chi connectivity index (χ0v) is 11.5. The first-order chi connectivity index (χ1) is 8.88. The lowest BCUT2D eigenvalue weighted by Gasteiger charge is -2.23. The van der Waals surface area contributed by atoms with Gasteiger partial charge in [-0.3, -0.25) is 0 Å². The van der Waals surface area contributed by atoms with E-state index in [1.807, 2.05) is 0 Å². The SMILES string of the molecule is ClCC(CC1COc2ccccc21)C1CCCC1. The number of alkyl halides is 1. The van der Waals surface area contributed by atoms with Gasteiger partial charge in [-0.2, -0.15) is 0 Å². The van der Waals surface area contributed by atoms with Crippen LogP contribution in [0, 0.1) is 11.8 Å². The van der Waals surface area contributed by atoms with Crippen LogP contribution in [0.15, 0.2) is 24.3 Å². The Hall–Kier alpha value is -0.690. The molecule has 2 aliphatic rings. The van der Waals surface area contributed by atoms with E-state index in [1.54, 1.807) is 0 Å². The van der Waals surface area contributed by atoms with Crippen molar-refractivity contribution in [2.24, 2.45) is 11.8 Å². The standard InChI is InChI=1S/C16H21ClO/c17-10-13(12-5-1-2-6-12)9-14-11-18-16-8-4-3-7-15(14)16/h3-4,7-8,12-14H,1-2,5-6,9-11H2. The molecule has 0 saturated heterocycles. The fraction of sp³-hybridized carbons (Fsp3) is 0.625. The monoisotopic (exact) mass is 264 g/mol. The molecule has 1 saturated carbocycles. The summed E-state index contributed by atoms with van der Waals surface area (Å²) >= 11 is 6.21. The van der Waals surface area contributed by atoms with E-state index in [9.17, 15) is 0 Å². The molecular formula is C16H21ClO. The van der Waals surface area contributed by atoms with Crippen LogP contribution in [0.25, 0.3) is 0 Å². The molecule has 1 nitrogen and oxygen atoms in total. The predicted molar refractivity (Wildman–Crippen MR) is 75.5 cm³/mol. The summed E-state index contributed by atoms with van der Waals surface area (Å²) in [5.74, 6) is 3.99. The zero-order chi connectivity index (χ0) is 12.4. The minimum absolute atomic E-state index is 0.561. The van der Waals surface area contributed by atoms with Crippen molar-refractivity contribution >= 4 is 11.6 Å². The summed E-state index contributed by atoms with van der Waals surface area (Å²) in [7, 11) is 0. The molecule has 1 heterocycles. The first-order valence-electron chi connectivity index (χ1n) is 7.16. The number of ether oxygens (including phenoxy) is 1. The third-order valence-electron chi connectivity index (χ3n) is 4.65. The maximum Gasteiger partial charge on any atom is 0.122 e. The molecule has 98 valence electrons. The number of benzene rings is 1. The summed E-state index contributed by atoms with van der Waals surface area (Å²) in [4.78, 5) is 0. The number of para-hydroxylation sites is 1. The molecule has 18 heavy (non-hydrogen) atoms. The van der Waals surface area contributed by atoms with Gasteiger partial charge in [-0.15, -0.1) is 11.6 Å². The second kappa shape index (κ2) is 5.52. The van der Waals surface area contributed by atoms with Gasteiger partial charge in [0.25, 0.3) is 0 Å². The Balaban J connectivity index is 1.69. The van der Waals surface area contributed by atoms with Crippen molar-refractivity contribution in [2.75, 3.05) is 12.5 Å². The summed E-state index contributed by atoms with van der Waals surface area (Å²) in [6.07, 6.45) is 6.76. The lowest BCUT2D eigenvalue weighted by atomic mass is 9.83. The fourth-order valence-electron chi connectivity index (χ4n) is 3.60. The average molecular weight is 265 g/mol. The van der Waals surface area contributed by atoms with Gasteiger partial charge in [-0.05, 0) is 24.3 Å². The van der Waals surface area contributed by atoms with E-state index in [4.69, 9.17) is 16.3 Å². The van der Waals surface area contributed by atoms with Gasteiger partial charge in [0.15, 0.2) is 0 Å². The van der Waals surface area contributed by atoms with E-state index < -0.39 is 0 Å². The summed E-state index contributed by atoms with van der Waals surface area (Å²) in [5, 5.41) is 0. The van der Waals surface area contributed by atoms with Gasteiger partial charge >= 0.3 is 0 Å². The van der Waals surface area contributed by atoms with Crippen molar-refractivity contribution in [3.8, 4) is 5.75 Å². The second-order valence-corrected chi connectivity index (χ2v) is 6.05. The summed E-state index contributed by atoms with van der Waals surface area (Å²) < 4.78 is 5.78. The minimum Gasteiger partial charge on any atom is -0.493 e. The third kappa shape index (κ3) is 2.38.